The molecule has 44 heavy (non-hydrogen) atoms. The predicted molar refractivity (Wildman–Crippen MR) is 144 cm³/mol. The Labute approximate surface area is 252 Å². The first-order valence-electron chi connectivity index (χ1n) is 13.2. The number of ether oxygens (including phenoxy) is 7. The minimum Gasteiger partial charge on any atom is -0.467 e. The van der Waals surface area contributed by atoms with E-state index in [2.05, 4.69) is 20.7 Å². The quantitative estimate of drug-likeness (QED) is 0.203. The van der Waals surface area contributed by atoms with E-state index in [9.17, 15) is 33.6 Å². The fraction of sp³-hybridized carbons (Fsp3) is 0.519. The lowest BCUT2D eigenvalue weighted by atomic mass is 9.97. The van der Waals surface area contributed by atoms with Crippen molar-refractivity contribution in [3.05, 3.63) is 35.9 Å². The molecule has 2 unspecified atom stereocenters. The van der Waals surface area contributed by atoms with Crippen LogP contribution in [0.5, 0.6) is 0 Å². The summed E-state index contributed by atoms with van der Waals surface area (Å²) in [5, 5.41) is 6.99. The van der Waals surface area contributed by atoms with Crippen LogP contribution in [0.1, 0.15) is 33.3 Å². The van der Waals surface area contributed by atoms with Gasteiger partial charge in [-0.3, -0.25) is 19.2 Å². The summed E-state index contributed by atoms with van der Waals surface area (Å²) < 4.78 is 36.4. The number of hydrogen-bond donors (Lipinski definition) is 3. The lowest BCUT2D eigenvalue weighted by molar-refractivity contribution is -0.255. The van der Waals surface area contributed by atoms with Crippen LogP contribution in [0.3, 0.4) is 0 Å². The third-order valence-electron chi connectivity index (χ3n) is 5.72. The highest BCUT2D eigenvalue weighted by Crippen LogP contribution is 2.28. The SMILES string of the molecule is COC(=O)[C@@H](CNC(=O)N[C@@H]1OC(COC(C)=O)[C@@H](OC(C)=O)[C@H](OC(C)=O)C1OC(C)=O)NC(=O)OCc1ccccc1. The van der Waals surface area contributed by atoms with E-state index in [1.807, 2.05) is 0 Å². The molecule has 3 N–H and O–H groups in total. The lowest BCUT2D eigenvalue weighted by Crippen LogP contribution is -2.67. The van der Waals surface area contributed by atoms with Crippen LogP contribution in [0.4, 0.5) is 9.59 Å². The van der Waals surface area contributed by atoms with Gasteiger partial charge in [-0.2, -0.15) is 0 Å². The highest BCUT2D eigenvalue weighted by Gasteiger charge is 2.52. The van der Waals surface area contributed by atoms with Gasteiger partial charge in [0.2, 0.25) is 0 Å². The fourth-order valence-electron chi connectivity index (χ4n) is 3.96. The number of methoxy groups -OCH3 is 1. The molecule has 3 amide bonds. The van der Waals surface area contributed by atoms with Crippen molar-refractivity contribution < 1.29 is 66.7 Å². The van der Waals surface area contributed by atoms with E-state index in [-0.39, 0.29) is 6.61 Å². The Morgan fingerprint density at radius 2 is 1.39 bits per heavy atom. The van der Waals surface area contributed by atoms with Crippen LogP contribution < -0.4 is 16.0 Å². The summed E-state index contributed by atoms with van der Waals surface area (Å²) in [6, 6.07) is 6.36. The van der Waals surface area contributed by atoms with Crippen molar-refractivity contribution in [2.45, 2.75) is 71.0 Å². The zero-order valence-corrected chi connectivity index (χ0v) is 24.7. The highest BCUT2D eigenvalue weighted by molar-refractivity contribution is 5.82. The Morgan fingerprint density at radius 1 is 0.795 bits per heavy atom. The second-order valence-corrected chi connectivity index (χ2v) is 9.26. The van der Waals surface area contributed by atoms with Crippen LogP contribution >= 0.6 is 0 Å². The summed E-state index contributed by atoms with van der Waals surface area (Å²) in [6.45, 7) is 3.18. The molecule has 0 bridgehead atoms. The van der Waals surface area contributed by atoms with Crippen molar-refractivity contribution >= 4 is 42.0 Å². The maximum atomic E-state index is 12.9. The summed E-state index contributed by atoms with van der Waals surface area (Å²) in [5.74, 6) is -4.17. The number of urea groups is 1. The number of rotatable bonds is 12. The first kappa shape index (κ1) is 35.3. The lowest BCUT2D eigenvalue weighted by Gasteiger charge is -2.44. The fourth-order valence-corrected chi connectivity index (χ4v) is 3.96. The van der Waals surface area contributed by atoms with Crippen LogP contribution in [0.15, 0.2) is 30.3 Å². The van der Waals surface area contributed by atoms with Gasteiger partial charge in [-0.15, -0.1) is 0 Å². The molecule has 1 aromatic carbocycles. The average molecular weight is 626 g/mol. The number of amides is 3. The molecule has 1 heterocycles. The average Bonchev–Trinajstić information content (AvgIpc) is 2.95. The van der Waals surface area contributed by atoms with Crippen molar-refractivity contribution in [2.75, 3.05) is 20.3 Å². The summed E-state index contributed by atoms with van der Waals surface area (Å²) in [6.07, 6.45) is -8.31. The molecule has 0 aliphatic carbocycles. The molecule has 242 valence electrons. The number of nitrogens with one attached hydrogen (secondary N) is 3. The summed E-state index contributed by atoms with van der Waals surface area (Å²) in [4.78, 5) is 84.6. The molecular formula is C27H35N3O14. The minimum atomic E-state index is -1.56. The summed E-state index contributed by atoms with van der Waals surface area (Å²) in [7, 11) is 1.07. The molecule has 6 atom stereocenters. The standard InChI is InChI=1S/C27H35N3O14/c1-14(31)39-13-20-21(41-15(2)32)22(42-16(3)33)23(43-17(4)34)24(44-20)30-26(36)28-11-19(25(35)38-5)29-27(37)40-12-18-9-7-6-8-10-18/h6-10,19-24H,11-13H2,1-5H3,(H,29,37)(H2,28,30,36)/t19-,20?,21-,22+,23?,24-/m1/s1. The summed E-state index contributed by atoms with van der Waals surface area (Å²) >= 11 is 0. The minimum absolute atomic E-state index is 0.0859. The van der Waals surface area contributed by atoms with Crippen molar-refractivity contribution in [1.82, 2.24) is 16.0 Å². The maximum absolute atomic E-state index is 12.9. The molecule has 17 heteroatoms. The van der Waals surface area contributed by atoms with E-state index in [0.717, 1.165) is 34.8 Å². The Morgan fingerprint density at radius 3 is 1.95 bits per heavy atom. The number of alkyl carbamates (subject to hydrolysis) is 1. The topological polar surface area (TPSA) is 220 Å². The molecule has 1 saturated heterocycles. The first-order chi connectivity index (χ1) is 20.8. The van der Waals surface area contributed by atoms with Crippen LogP contribution in [-0.2, 0) is 63.7 Å². The van der Waals surface area contributed by atoms with Gasteiger partial charge in [-0.25, -0.2) is 14.4 Å². The van der Waals surface area contributed by atoms with Gasteiger partial charge in [-0.1, -0.05) is 30.3 Å². The number of benzene rings is 1. The smallest absolute Gasteiger partial charge is 0.408 e. The van der Waals surface area contributed by atoms with E-state index in [0.29, 0.717) is 5.56 Å². The Kier molecular flexibility index (Phi) is 13.8. The second kappa shape index (κ2) is 17.3. The number of esters is 5. The van der Waals surface area contributed by atoms with Crippen molar-refractivity contribution in [3.8, 4) is 0 Å². The highest BCUT2D eigenvalue weighted by atomic mass is 16.7. The van der Waals surface area contributed by atoms with E-state index >= 15 is 0 Å². The van der Waals surface area contributed by atoms with Gasteiger partial charge in [-0.05, 0) is 5.56 Å². The number of hydrogen-bond acceptors (Lipinski definition) is 14. The normalized spacial score (nSPS) is 21.3. The molecular weight excluding hydrogens is 590 g/mol. The number of carbonyl (C=O) groups is 7. The van der Waals surface area contributed by atoms with Gasteiger partial charge in [0.05, 0.1) is 13.7 Å². The second-order valence-electron chi connectivity index (χ2n) is 9.26. The number of carbonyl (C=O) groups excluding carboxylic acids is 7. The third-order valence-corrected chi connectivity index (χ3v) is 5.72. The Hall–Kier alpha value is -4.93. The van der Waals surface area contributed by atoms with Crippen LogP contribution in [0, 0.1) is 0 Å². The molecule has 1 aliphatic heterocycles. The van der Waals surface area contributed by atoms with Crippen LogP contribution in [0.25, 0.3) is 0 Å². The third kappa shape index (κ3) is 11.7. The zero-order chi connectivity index (χ0) is 32.8. The molecule has 0 saturated carbocycles. The molecule has 1 aromatic rings. The molecule has 17 nitrogen and oxygen atoms in total. The van der Waals surface area contributed by atoms with Crippen molar-refractivity contribution in [1.29, 1.82) is 0 Å². The van der Waals surface area contributed by atoms with Gasteiger partial charge in [0.1, 0.15) is 25.4 Å². The Bertz CT molecular complexity index is 1190. The predicted octanol–water partition coefficient (Wildman–Crippen LogP) is -0.163. The van der Waals surface area contributed by atoms with Crippen LogP contribution in [0.2, 0.25) is 0 Å². The van der Waals surface area contributed by atoms with E-state index < -0.39 is 91.8 Å². The molecule has 0 spiro atoms. The van der Waals surface area contributed by atoms with E-state index in [1.54, 1.807) is 30.3 Å². The van der Waals surface area contributed by atoms with Crippen molar-refractivity contribution in [3.63, 3.8) is 0 Å². The van der Waals surface area contributed by atoms with E-state index in [4.69, 9.17) is 28.4 Å². The Balaban J connectivity index is 2.18. The van der Waals surface area contributed by atoms with Gasteiger partial charge >= 0.3 is 42.0 Å². The van der Waals surface area contributed by atoms with Gasteiger partial charge in [0.15, 0.2) is 24.5 Å². The van der Waals surface area contributed by atoms with Crippen LogP contribution in [-0.4, -0.2) is 98.9 Å². The molecule has 2 rings (SSSR count). The zero-order valence-electron chi connectivity index (χ0n) is 24.7. The van der Waals surface area contributed by atoms with Crippen molar-refractivity contribution in [2.24, 2.45) is 0 Å². The summed E-state index contributed by atoms with van der Waals surface area (Å²) in [5.41, 5.74) is 0.694. The van der Waals surface area contributed by atoms with E-state index in [1.165, 1.54) is 0 Å². The monoisotopic (exact) mass is 625 g/mol. The molecule has 0 radical (unpaired) electrons. The first-order valence-corrected chi connectivity index (χ1v) is 13.2. The van der Waals surface area contributed by atoms with Gasteiger partial charge < -0.3 is 49.1 Å². The molecule has 1 fully saturated rings. The largest absolute Gasteiger partial charge is 0.467 e. The van der Waals surface area contributed by atoms with Gasteiger partial charge in [0.25, 0.3) is 0 Å². The molecule has 1 aliphatic rings. The molecule has 0 aromatic heterocycles. The maximum Gasteiger partial charge on any atom is 0.408 e. The van der Waals surface area contributed by atoms with Gasteiger partial charge in [0, 0.05) is 27.7 Å².